The van der Waals surface area contributed by atoms with E-state index in [1.807, 2.05) is 12.2 Å². The second-order valence-corrected chi connectivity index (χ2v) is 14.0. The number of unbranched alkanes of at least 4 members (excludes halogenated alkanes) is 12. The summed E-state index contributed by atoms with van der Waals surface area (Å²) in [5, 5.41) is 40.3. The molecule has 1 saturated heterocycles. The van der Waals surface area contributed by atoms with E-state index in [1.165, 1.54) is 51.4 Å². The highest BCUT2D eigenvalue weighted by atomic mass is 16.6. The van der Waals surface area contributed by atoms with E-state index in [4.69, 9.17) is 14.2 Å². The van der Waals surface area contributed by atoms with Crippen molar-refractivity contribution < 1.29 is 44.2 Å². The summed E-state index contributed by atoms with van der Waals surface area (Å²) in [6, 6.07) is 0. The molecule has 4 N–H and O–H groups in total. The molecule has 1 fully saturated rings. The smallest absolute Gasteiger partial charge is 0.306 e. The van der Waals surface area contributed by atoms with Crippen LogP contribution >= 0.6 is 0 Å². The van der Waals surface area contributed by atoms with Gasteiger partial charge in [0.1, 0.15) is 6.61 Å². The highest BCUT2D eigenvalue weighted by Gasteiger charge is 2.35. The SMILES string of the molecule is CCCCC[C@H](O)/C=C/[C@H]1OC(O)C[C@H](O)[C@@H]1C/C=C\CCCC(=O)O[C@@H](CO)COC(=O)CCCCCCCCCCCCC(C)C. The first-order valence-corrected chi connectivity index (χ1v) is 19.1. The lowest BCUT2D eigenvalue weighted by atomic mass is 9.87. The Hall–Kier alpha value is -1.78. The van der Waals surface area contributed by atoms with Crippen LogP contribution < -0.4 is 0 Å². The van der Waals surface area contributed by atoms with Crippen molar-refractivity contribution >= 4 is 11.9 Å². The second-order valence-electron chi connectivity index (χ2n) is 14.0. The first-order chi connectivity index (χ1) is 23.2. The minimum atomic E-state index is -1.05. The van der Waals surface area contributed by atoms with Crippen molar-refractivity contribution in [3.63, 3.8) is 0 Å². The van der Waals surface area contributed by atoms with E-state index in [-0.39, 0.29) is 31.3 Å². The zero-order valence-electron chi connectivity index (χ0n) is 30.4. The van der Waals surface area contributed by atoms with Crippen molar-refractivity contribution in [2.24, 2.45) is 11.8 Å². The molecule has 9 heteroatoms. The molecule has 0 aliphatic carbocycles. The number of carbonyl (C=O) groups excluding carboxylic acids is 2. The molecule has 1 rings (SSSR count). The Morgan fingerprint density at radius 3 is 2.10 bits per heavy atom. The Morgan fingerprint density at radius 1 is 0.833 bits per heavy atom. The normalized spacial score (nSPS) is 21.2. The van der Waals surface area contributed by atoms with Crippen molar-refractivity contribution in [3.8, 4) is 0 Å². The molecule has 6 atom stereocenters. The third-order valence-electron chi connectivity index (χ3n) is 8.97. The molecule has 1 aliphatic rings. The fraction of sp³-hybridized carbons (Fsp3) is 0.846. The van der Waals surface area contributed by atoms with Crippen LogP contribution in [0.2, 0.25) is 0 Å². The van der Waals surface area contributed by atoms with Crippen molar-refractivity contribution in [1.82, 2.24) is 0 Å². The summed E-state index contributed by atoms with van der Waals surface area (Å²) in [5.74, 6) is -0.242. The monoisotopic (exact) mass is 683 g/mol. The summed E-state index contributed by atoms with van der Waals surface area (Å²) < 4.78 is 16.2. The van der Waals surface area contributed by atoms with Crippen LogP contribution in [0.1, 0.15) is 156 Å². The fourth-order valence-corrected chi connectivity index (χ4v) is 5.95. The summed E-state index contributed by atoms with van der Waals surface area (Å²) in [4.78, 5) is 24.4. The first kappa shape index (κ1) is 44.2. The van der Waals surface area contributed by atoms with E-state index in [0.29, 0.717) is 32.1 Å². The van der Waals surface area contributed by atoms with Gasteiger partial charge in [0.15, 0.2) is 12.4 Å². The molecular weight excluding hydrogens is 612 g/mol. The maximum Gasteiger partial charge on any atom is 0.306 e. The number of aliphatic hydroxyl groups is 4. The summed E-state index contributed by atoms with van der Waals surface area (Å²) in [7, 11) is 0. The van der Waals surface area contributed by atoms with E-state index in [0.717, 1.165) is 44.4 Å². The number of rotatable bonds is 29. The molecule has 0 saturated carbocycles. The molecule has 0 amide bonds. The largest absolute Gasteiger partial charge is 0.462 e. The number of aliphatic hydroxyl groups excluding tert-OH is 4. The highest BCUT2D eigenvalue weighted by molar-refractivity contribution is 5.70. The van der Waals surface area contributed by atoms with Gasteiger partial charge in [-0.1, -0.05) is 129 Å². The lowest BCUT2D eigenvalue weighted by molar-refractivity contribution is -0.199. The molecule has 1 aliphatic heterocycles. The molecule has 1 unspecified atom stereocenters. The number of esters is 2. The zero-order chi connectivity index (χ0) is 35.4. The van der Waals surface area contributed by atoms with Crippen molar-refractivity contribution in [1.29, 1.82) is 0 Å². The topological polar surface area (TPSA) is 143 Å². The predicted molar refractivity (Wildman–Crippen MR) is 190 cm³/mol. The van der Waals surface area contributed by atoms with E-state index in [9.17, 15) is 30.0 Å². The third-order valence-corrected chi connectivity index (χ3v) is 8.97. The molecular formula is C39H70O9. The lowest BCUT2D eigenvalue weighted by Gasteiger charge is -2.36. The van der Waals surface area contributed by atoms with Crippen LogP contribution in [0.15, 0.2) is 24.3 Å². The van der Waals surface area contributed by atoms with E-state index < -0.39 is 43.3 Å². The van der Waals surface area contributed by atoms with Gasteiger partial charge in [-0.05, 0) is 38.0 Å². The maximum atomic E-state index is 12.3. The quantitative estimate of drug-likeness (QED) is 0.0359. The van der Waals surface area contributed by atoms with Gasteiger partial charge in [-0.25, -0.2) is 0 Å². The van der Waals surface area contributed by atoms with Gasteiger partial charge in [0.2, 0.25) is 0 Å². The minimum Gasteiger partial charge on any atom is -0.462 e. The Balaban J connectivity index is 2.19. The van der Waals surface area contributed by atoms with Gasteiger partial charge in [-0.3, -0.25) is 9.59 Å². The molecule has 1 heterocycles. The van der Waals surface area contributed by atoms with Crippen LogP contribution in [0.3, 0.4) is 0 Å². The molecule has 0 aromatic heterocycles. The molecule has 0 aromatic carbocycles. The molecule has 0 radical (unpaired) electrons. The minimum absolute atomic E-state index is 0.133. The molecule has 0 bridgehead atoms. The summed E-state index contributed by atoms with van der Waals surface area (Å²) in [6.45, 7) is 6.11. The van der Waals surface area contributed by atoms with Gasteiger partial charge < -0.3 is 34.6 Å². The van der Waals surface area contributed by atoms with Crippen LogP contribution in [0.5, 0.6) is 0 Å². The Morgan fingerprint density at radius 2 is 1.46 bits per heavy atom. The number of allylic oxidation sites excluding steroid dienone is 2. The van der Waals surface area contributed by atoms with Gasteiger partial charge in [0.25, 0.3) is 0 Å². The van der Waals surface area contributed by atoms with E-state index in [1.54, 1.807) is 12.2 Å². The average Bonchev–Trinajstić information content (AvgIpc) is 3.04. The van der Waals surface area contributed by atoms with Crippen LogP contribution in [0, 0.1) is 11.8 Å². The predicted octanol–water partition coefficient (Wildman–Crippen LogP) is 7.47. The number of ether oxygens (including phenoxy) is 3. The Kier molecular flexibility index (Phi) is 26.7. The summed E-state index contributed by atoms with van der Waals surface area (Å²) >= 11 is 0. The second kappa shape index (κ2) is 29.0. The van der Waals surface area contributed by atoms with Gasteiger partial charge in [0.05, 0.1) is 24.9 Å². The number of hydrogen-bond donors (Lipinski definition) is 4. The van der Waals surface area contributed by atoms with E-state index in [2.05, 4.69) is 20.8 Å². The summed E-state index contributed by atoms with van der Waals surface area (Å²) in [6.07, 6.45) is 22.9. The fourth-order valence-electron chi connectivity index (χ4n) is 5.95. The lowest BCUT2D eigenvalue weighted by Crippen LogP contribution is -2.43. The van der Waals surface area contributed by atoms with Crippen molar-refractivity contribution in [3.05, 3.63) is 24.3 Å². The summed E-state index contributed by atoms with van der Waals surface area (Å²) in [5.41, 5.74) is 0. The van der Waals surface area contributed by atoms with Gasteiger partial charge in [-0.15, -0.1) is 0 Å². The molecule has 9 nitrogen and oxygen atoms in total. The van der Waals surface area contributed by atoms with E-state index >= 15 is 0 Å². The Bertz CT molecular complexity index is 858. The number of hydrogen-bond acceptors (Lipinski definition) is 9. The molecule has 280 valence electrons. The average molecular weight is 683 g/mol. The molecule has 48 heavy (non-hydrogen) atoms. The van der Waals surface area contributed by atoms with Gasteiger partial charge >= 0.3 is 11.9 Å². The third kappa shape index (κ3) is 23.6. The first-order valence-electron chi connectivity index (χ1n) is 19.1. The van der Waals surface area contributed by atoms with Crippen LogP contribution in [0.4, 0.5) is 0 Å². The zero-order valence-corrected chi connectivity index (χ0v) is 30.4. The molecule has 0 aromatic rings. The Labute approximate surface area is 291 Å². The highest BCUT2D eigenvalue weighted by Crippen LogP contribution is 2.29. The van der Waals surface area contributed by atoms with Crippen LogP contribution in [-0.2, 0) is 23.8 Å². The van der Waals surface area contributed by atoms with Gasteiger partial charge in [0, 0.05) is 25.2 Å². The van der Waals surface area contributed by atoms with Gasteiger partial charge in [-0.2, -0.15) is 0 Å². The van der Waals surface area contributed by atoms with Crippen molar-refractivity contribution in [2.45, 2.75) is 186 Å². The standard InChI is InChI=1S/C39H70O9/c1-4-5-16-22-32(41)26-27-36-34(35(42)28-39(45)48-36)23-18-14-15-20-25-38(44)47-33(29-40)30-46-37(43)24-19-13-11-9-7-6-8-10-12-17-21-31(2)3/h14,18,26-27,31-36,39-42,45H,4-13,15-17,19-25,28-30H2,1-3H3/b18-14-,27-26+/t32-,33-,34-,35-,36+,39?/m0/s1. The molecule has 0 spiro atoms. The van der Waals surface area contributed by atoms with Crippen LogP contribution in [-0.4, -0.2) is 76.3 Å². The van der Waals surface area contributed by atoms with Crippen molar-refractivity contribution in [2.75, 3.05) is 13.2 Å². The number of carbonyl (C=O) groups is 2. The van der Waals surface area contributed by atoms with Crippen LogP contribution in [0.25, 0.3) is 0 Å². The maximum absolute atomic E-state index is 12.3.